The Bertz CT molecular complexity index is 1090. The summed E-state index contributed by atoms with van der Waals surface area (Å²) >= 11 is 0. The first-order valence-electron chi connectivity index (χ1n) is 10.3. The third kappa shape index (κ3) is 5.89. The lowest BCUT2D eigenvalue weighted by Crippen LogP contribution is -2.49. The summed E-state index contributed by atoms with van der Waals surface area (Å²) < 4.78 is 78.8. The molecule has 2 aromatic rings. The van der Waals surface area contributed by atoms with Crippen molar-refractivity contribution >= 4 is 23.4 Å². The molecular formula is C20H20F6N6O3. The zero-order valence-corrected chi connectivity index (χ0v) is 18.3. The Balaban J connectivity index is 1.71. The molecule has 1 aliphatic rings. The molecule has 1 aromatic carbocycles. The third-order valence-electron chi connectivity index (χ3n) is 5.64. The van der Waals surface area contributed by atoms with Crippen LogP contribution in [0.5, 0.6) is 0 Å². The number of nitrogens with zero attached hydrogens (tertiary/aromatic N) is 3. The maximum absolute atomic E-state index is 13.4. The first-order valence-corrected chi connectivity index (χ1v) is 10.3. The topological polar surface area (TPSA) is 120 Å². The van der Waals surface area contributed by atoms with Gasteiger partial charge in [0.2, 0.25) is 5.91 Å². The van der Waals surface area contributed by atoms with Crippen molar-refractivity contribution in [1.29, 1.82) is 0 Å². The molecule has 0 saturated carbocycles. The summed E-state index contributed by atoms with van der Waals surface area (Å²) in [7, 11) is 0. The lowest BCUT2D eigenvalue weighted by molar-refractivity contribution is -0.152. The van der Waals surface area contributed by atoms with Gasteiger partial charge >= 0.3 is 18.0 Å². The van der Waals surface area contributed by atoms with E-state index < -0.39 is 71.8 Å². The van der Waals surface area contributed by atoms with E-state index in [1.54, 1.807) is 0 Å². The van der Waals surface area contributed by atoms with Gasteiger partial charge in [0.15, 0.2) is 17.5 Å². The molecule has 1 aliphatic heterocycles. The van der Waals surface area contributed by atoms with Crippen LogP contribution in [0.4, 0.5) is 32.0 Å². The molecule has 4 atom stereocenters. The molecule has 1 saturated heterocycles. The fourth-order valence-electron chi connectivity index (χ4n) is 4.03. The smallest absolute Gasteiger partial charge is 0.339 e. The second-order valence-electron chi connectivity index (χ2n) is 8.13. The predicted molar refractivity (Wildman–Crippen MR) is 107 cm³/mol. The van der Waals surface area contributed by atoms with Gasteiger partial charge in [-0.2, -0.15) is 13.2 Å². The lowest BCUT2D eigenvalue weighted by atomic mass is 9.99. The SMILES string of the molecule is C[C@H]1C[C@H](C(=O)Nc2cc(F)c(F)c(F)c2)[C@H](C)N1C(=O)C(=O)NC(CC(F)(F)F)c1c[nH]nn1. The average Bonchev–Trinajstić information content (AvgIpc) is 3.38. The number of anilines is 1. The number of carbonyl (C=O) groups is 3. The molecule has 3 amide bonds. The number of H-pyrrole nitrogens is 1. The Morgan fingerprint density at radius 2 is 1.80 bits per heavy atom. The molecule has 0 aliphatic carbocycles. The molecular weight excluding hydrogens is 486 g/mol. The normalized spacial score (nSPS) is 21.0. The molecule has 0 radical (unpaired) electrons. The number of nitrogens with one attached hydrogen (secondary N) is 3. The van der Waals surface area contributed by atoms with Crippen molar-refractivity contribution in [2.45, 2.75) is 51.0 Å². The highest BCUT2D eigenvalue weighted by atomic mass is 19.4. The van der Waals surface area contributed by atoms with Gasteiger partial charge in [0.05, 0.1) is 18.4 Å². The Kier molecular flexibility index (Phi) is 7.36. The van der Waals surface area contributed by atoms with Crippen LogP contribution >= 0.6 is 0 Å². The molecule has 1 aromatic heterocycles. The van der Waals surface area contributed by atoms with Gasteiger partial charge in [0.1, 0.15) is 5.69 Å². The average molecular weight is 506 g/mol. The molecule has 3 rings (SSSR count). The minimum absolute atomic E-state index is 0.0491. The zero-order chi connectivity index (χ0) is 26.1. The monoisotopic (exact) mass is 506 g/mol. The summed E-state index contributed by atoms with van der Waals surface area (Å²) in [4.78, 5) is 39.1. The Morgan fingerprint density at radius 3 is 2.34 bits per heavy atom. The summed E-state index contributed by atoms with van der Waals surface area (Å²) in [5, 5.41) is 13.2. The quantitative estimate of drug-likeness (QED) is 0.327. The maximum atomic E-state index is 13.4. The molecule has 2 heterocycles. The number of rotatable bonds is 5. The molecule has 0 spiro atoms. The van der Waals surface area contributed by atoms with Crippen LogP contribution < -0.4 is 10.6 Å². The number of carbonyl (C=O) groups excluding carboxylic acids is 3. The second-order valence-corrected chi connectivity index (χ2v) is 8.13. The van der Waals surface area contributed by atoms with Gasteiger partial charge in [-0.25, -0.2) is 13.2 Å². The van der Waals surface area contributed by atoms with Crippen molar-refractivity contribution in [2.24, 2.45) is 5.92 Å². The van der Waals surface area contributed by atoms with Crippen LogP contribution in [-0.4, -0.2) is 56.3 Å². The van der Waals surface area contributed by atoms with Crippen molar-refractivity contribution in [1.82, 2.24) is 25.6 Å². The van der Waals surface area contributed by atoms with E-state index in [1.807, 2.05) is 5.32 Å². The van der Waals surface area contributed by atoms with Crippen LogP contribution in [0.1, 0.15) is 38.4 Å². The summed E-state index contributed by atoms with van der Waals surface area (Å²) in [6, 6.07) is -2.08. The molecule has 9 nitrogen and oxygen atoms in total. The van der Waals surface area contributed by atoms with Gasteiger partial charge in [-0.05, 0) is 20.3 Å². The van der Waals surface area contributed by atoms with E-state index in [1.165, 1.54) is 13.8 Å². The number of likely N-dealkylation sites (tertiary alicyclic amines) is 1. The number of alkyl halides is 3. The molecule has 1 fully saturated rings. The first kappa shape index (κ1) is 26.0. The minimum Gasteiger partial charge on any atom is -0.339 e. The first-order chi connectivity index (χ1) is 16.3. The zero-order valence-electron chi connectivity index (χ0n) is 18.3. The van der Waals surface area contributed by atoms with E-state index in [0.29, 0.717) is 12.1 Å². The lowest BCUT2D eigenvalue weighted by Gasteiger charge is -2.28. The summed E-state index contributed by atoms with van der Waals surface area (Å²) in [5.74, 6) is -8.92. The summed E-state index contributed by atoms with van der Waals surface area (Å²) in [6.45, 7) is 2.96. The Morgan fingerprint density at radius 1 is 1.17 bits per heavy atom. The van der Waals surface area contributed by atoms with Crippen LogP contribution in [0.3, 0.4) is 0 Å². The third-order valence-corrected chi connectivity index (χ3v) is 5.64. The van der Waals surface area contributed by atoms with E-state index in [9.17, 15) is 40.7 Å². The van der Waals surface area contributed by atoms with Crippen LogP contribution in [0.15, 0.2) is 18.3 Å². The minimum atomic E-state index is -4.68. The van der Waals surface area contributed by atoms with E-state index in [4.69, 9.17) is 0 Å². The Labute approximate surface area is 194 Å². The number of amides is 3. The molecule has 0 bridgehead atoms. The van der Waals surface area contributed by atoms with Crippen molar-refractivity contribution in [3.05, 3.63) is 41.5 Å². The number of benzene rings is 1. The highest BCUT2D eigenvalue weighted by molar-refractivity contribution is 6.35. The van der Waals surface area contributed by atoms with Crippen molar-refractivity contribution < 1.29 is 40.7 Å². The summed E-state index contributed by atoms with van der Waals surface area (Å²) in [5.41, 5.74) is -0.585. The molecule has 1 unspecified atom stereocenters. The van der Waals surface area contributed by atoms with Crippen molar-refractivity contribution in [3.63, 3.8) is 0 Å². The van der Waals surface area contributed by atoms with Gasteiger partial charge in [-0.15, -0.1) is 5.10 Å². The van der Waals surface area contributed by atoms with E-state index in [-0.39, 0.29) is 17.8 Å². The fraction of sp³-hybridized carbons (Fsp3) is 0.450. The van der Waals surface area contributed by atoms with Crippen LogP contribution in [0.25, 0.3) is 0 Å². The van der Waals surface area contributed by atoms with Gasteiger partial charge in [-0.3, -0.25) is 19.5 Å². The molecule has 35 heavy (non-hydrogen) atoms. The number of hydrogen-bond acceptors (Lipinski definition) is 5. The molecule has 3 N–H and O–H groups in total. The van der Waals surface area contributed by atoms with Crippen molar-refractivity contribution in [2.75, 3.05) is 5.32 Å². The van der Waals surface area contributed by atoms with Crippen molar-refractivity contribution in [3.8, 4) is 0 Å². The highest BCUT2D eigenvalue weighted by Gasteiger charge is 2.45. The fourth-order valence-corrected chi connectivity index (χ4v) is 4.03. The van der Waals surface area contributed by atoms with E-state index in [0.717, 1.165) is 11.1 Å². The van der Waals surface area contributed by atoms with Crippen LogP contribution in [0, 0.1) is 23.4 Å². The van der Waals surface area contributed by atoms with Gasteiger partial charge < -0.3 is 15.5 Å². The number of aromatic nitrogens is 3. The second kappa shape index (κ2) is 9.92. The van der Waals surface area contributed by atoms with Crippen LogP contribution in [-0.2, 0) is 14.4 Å². The Hall–Kier alpha value is -3.65. The van der Waals surface area contributed by atoms with Gasteiger partial charge in [0.25, 0.3) is 0 Å². The molecule has 15 heteroatoms. The standard InChI is InChI=1S/C20H20F6N6O3/c1-8-3-11(17(33)28-10-4-12(21)16(23)13(22)5-10)9(2)32(8)19(35)18(34)29-14(6-20(24,25)26)15-7-27-31-30-15/h4-5,7-9,11,14H,3,6H2,1-2H3,(H,28,33)(H,29,34)(H,27,30,31)/t8-,9-,11-,14?/m0/s1. The highest BCUT2D eigenvalue weighted by Crippen LogP contribution is 2.32. The number of halogens is 6. The summed E-state index contributed by atoms with van der Waals surface area (Å²) in [6.07, 6.45) is -5.09. The maximum Gasteiger partial charge on any atom is 0.391 e. The molecule has 190 valence electrons. The van der Waals surface area contributed by atoms with E-state index in [2.05, 4.69) is 20.7 Å². The van der Waals surface area contributed by atoms with Gasteiger partial charge in [0, 0.05) is 36.1 Å². The van der Waals surface area contributed by atoms with E-state index >= 15 is 0 Å². The number of hydrogen-bond donors (Lipinski definition) is 3. The predicted octanol–water partition coefficient (Wildman–Crippen LogP) is 2.60. The van der Waals surface area contributed by atoms with Crippen LogP contribution in [0.2, 0.25) is 0 Å². The number of aromatic amines is 1. The van der Waals surface area contributed by atoms with Gasteiger partial charge in [-0.1, -0.05) is 5.21 Å². The largest absolute Gasteiger partial charge is 0.391 e.